The summed E-state index contributed by atoms with van der Waals surface area (Å²) in [6.07, 6.45) is 8.15. The van der Waals surface area contributed by atoms with Crippen LogP contribution >= 0.6 is 0 Å². The van der Waals surface area contributed by atoms with E-state index >= 15 is 0 Å². The van der Waals surface area contributed by atoms with Crippen LogP contribution in [0.1, 0.15) is 78.1 Å². The lowest BCUT2D eigenvalue weighted by molar-refractivity contribution is -0.124. The van der Waals surface area contributed by atoms with Crippen molar-refractivity contribution >= 4 is 23.9 Å². The van der Waals surface area contributed by atoms with Gasteiger partial charge in [-0.3, -0.25) is 9.59 Å². The van der Waals surface area contributed by atoms with Gasteiger partial charge in [-0.1, -0.05) is 26.7 Å². The van der Waals surface area contributed by atoms with Crippen LogP contribution in [-0.4, -0.2) is 94.8 Å². The monoisotopic (exact) mass is 480 g/mol. The highest BCUT2D eigenvalue weighted by Crippen LogP contribution is 2.21. The molecule has 2 saturated heterocycles. The first-order chi connectivity index (χ1) is 16.3. The van der Waals surface area contributed by atoms with Crippen LogP contribution in [0.2, 0.25) is 0 Å². The summed E-state index contributed by atoms with van der Waals surface area (Å²) < 4.78 is 0. The van der Waals surface area contributed by atoms with E-state index in [9.17, 15) is 19.2 Å². The SMILES string of the molecule is CCCCN(CCN(CCCC)C(=O)N1CCCCC1C(N)=O)C(=O)N1CCCCC1C(N)=O. The Morgan fingerprint density at radius 2 is 1.06 bits per heavy atom. The summed E-state index contributed by atoms with van der Waals surface area (Å²) in [5.41, 5.74) is 11.2. The largest absolute Gasteiger partial charge is 0.368 e. The number of unbranched alkanes of at least 4 members (excludes halogenated alkanes) is 2. The smallest absolute Gasteiger partial charge is 0.320 e. The molecule has 2 heterocycles. The number of urea groups is 2. The molecule has 2 unspecified atom stereocenters. The van der Waals surface area contributed by atoms with Crippen molar-refractivity contribution in [1.82, 2.24) is 19.6 Å². The lowest BCUT2D eigenvalue weighted by Gasteiger charge is -2.40. The second-order valence-corrected chi connectivity index (χ2v) is 9.46. The molecular formula is C24H44N6O4. The molecule has 0 aliphatic carbocycles. The van der Waals surface area contributed by atoms with E-state index in [1.54, 1.807) is 19.6 Å². The van der Waals surface area contributed by atoms with Crippen molar-refractivity contribution in [1.29, 1.82) is 0 Å². The third-order valence-electron chi connectivity index (χ3n) is 6.90. The van der Waals surface area contributed by atoms with Crippen molar-refractivity contribution < 1.29 is 19.2 Å². The number of hydrogen-bond acceptors (Lipinski definition) is 4. The van der Waals surface area contributed by atoms with Gasteiger partial charge >= 0.3 is 12.1 Å². The average Bonchev–Trinajstić information content (AvgIpc) is 2.84. The zero-order valence-corrected chi connectivity index (χ0v) is 21.0. The summed E-state index contributed by atoms with van der Waals surface area (Å²) in [6.45, 7) is 7.00. The van der Waals surface area contributed by atoms with Gasteiger partial charge in [0.25, 0.3) is 0 Å². The lowest BCUT2D eigenvalue weighted by atomic mass is 10.0. The van der Waals surface area contributed by atoms with E-state index in [-0.39, 0.29) is 12.1 Å². The number of carbonyl (C=O) groups is 4. The second kappa shape index (κ2) is 14.0. The Kier molecular flexibility index (Phi) is 11.4. The van der Waals surface area contributed by atoms with Crippen LogP contribution in [0.4, 0.5) is 9.59 Å². The number of likely N-dealkylation sites (tertiary alicyclic amines) is 2. The molecule has 0 radical (unpaired) electrons. The first kappa shape index (κ1) is 27.7. The van der Waals surface area contributed by atoms with Crippen molar-refractivity contribution in [3.05, 3.63) is 0 Å². The Hall–Kier alpha value is -2.52. The average molecular weight is 481 g/mol. The molecule has 0 aromatic rings. The predicted molar refractivity (Wildman–Crippen MR) is 131 cm³/mol. The second-order valence-electron chi connectivity index (χ2n) is 9.46. The molecule has 4 N–H and O–H groups in total. The number of piperidine rings is 2. The fourth-order valence-electron chi connectivity index (χ4n) is 4.82. The lowest BCUT2D eigenvalue weighted by Crippen LogP contribution is -2.57. The Morgan fingerprint density at radius 1 is 0.676 bits per heavy atom. The number of primary amides is 2. The maximum Gasteiger partial charge on any atom is 0.320 e. The van der Waals surface area contributed by atoms with Gasteiger partial charge in [0.1, 0.15) is 12.1 Å². The number of rotatable bonds is 11. The standard InChI is InChI=1S/C24H44N6O4/c1-3-5-13-27(23(33)29-15-9-7-11-19(29)21(25)31)17-18-28(14-6-4-2)24(34)30-16-10-8-12-20(30)22(26)32/h19-20H,3-18H2,1-2H3,(H2,25,31)(H2,26,32). The molecule has 194 valence electrons. The van der Waals surface area contributed by atoms with E-state index in [2.05, 4.69) is 13.8 Å². The van der Waals surface area contributed by atoms with Crippen LogP contribution in [0.5, 0.6) is 0 Å². The van der Waals surface area contributed by atoms with Gasteiger partial charge in [0.15, 0.2) is 0 Å². The summed E-state index contributed by atoms with van der Waals surface area (Å²) in [5.74, 6) is -0.934. The highest BCUT2D eigenvalue weighted by Gasteiger charge is 2.35. The zero-order valence-electron chi connectivity index (χ0n) is 21.0. The summed E-state index contributed by atoms with van der Waals surface area (Å²) in [6, 6.07) is -1.53. The van der Waals surface area contributed by atoms with Crippen molar-refractivity contribution in [2.45, 2.75) is 90.1 Å². The van der Waals surface area contributed by atoms with Crippen LogP contribution in [0.15, 0.2) is 0 Å². The third kappa shape index (κ3) is 7.50. The Balaban J connectivity index is 2.14. The van der Waals surface area contributed by atoms with Crippen LogP contribution in [0.3, 0.4) is 0 Å². The molecule has 10 heteroatoms. The van der Waals surface area contributed by atoms with Gasteiger partial charge in [0.2, 0.25) is 11.8 Å². The van der Waals surface area contributed by atoms with E-state index < -0.39 is 23.9 Å². The fourth-order valence-corrected chi connectivity index (χ4v) is 4.82. The summed E-state index contributed by atoms with van der Waals surface area (Å²) in [7, 11) is 0. The van der Waals surface area contributed by atoms with Gasteiger partial charge in [-0.05, 0) is 51.4 Å². The van der Waals surface area contributed by atoms with E-state index in [0.29, 0.717) is 52.1 Å². The molecule has 2 rings (SSSR count). The Bertz CT molecular complexity index is 645. The molecule has 10 nitrogen and oxygen atoms in total. The maximum absolute atomic E-state index is 13.4. The molecule has 0 spiro atoms. The van der Waals surface area contributed by atoms with Crippen molar-refractivity contribution in [2.24, 2.45) is 11.5 Å². The number of carbonyl (C=O) groups excluding carboxylic acids is 4. The highest BCUT2D eigenvalue weighted by molar-refractivity contribution is 5.87. The molecule has 6 amide bonds. The molecule has 2 aliphatic heterocycles. The van der Waals surface area contributed by atoms with Gasteiger partial charge in [-0.2, -0.15) is 0 Å². The van der Waals surface area contributed by atoms with Gasteiger partial charge in [0.05, 0.1) is 0 Å². The maximum atomic E-state index is 13.4. The molecule has 2 fully saturated rings. The van der Waals surface area contributed by atoms with Crippen molar-refractivity contribution in [2.75, 3.05) is 39.3 Å². The van der Waals surface area contributed by atoms with Gasteiger partial charge in [-0.15, -0.1) is 0 Å². The first-order valence-electron chi connectivity index (χ1n) is 13.0. The number of amides is 6. The van der Waals surface area contributed by atoms with E-state index in [1.807, 2.05) is 0 Å². The molecule has 2 atom stereocenters. The molecule has 0 saturated carbocycles. The van der Waals surface area contributed by atoms with Crippen LogP contribution in [0.25, 0.3) is 0 Å². The van der Waals surface area contributed by atoms with Gasteiger partial charge < -0.3 is 31.1 Å². The van der Waals surface area contributed by atoms with E-state index in [1.165, 1.54) is 0 Å². The first-order valence-corrected chi connectivity index (χ1v) is 13.0. The van der Waals surface area contributed by atoms with E-state index in [4.69, 9.17) is 11.5 Å². The molecule has 2 aliphatic rings. The van der Waals surface area contributed by atoms with Crippen LogP contribution < -0.4 is 11.5 Å². The summed E-state index contributed by atoms with van der Waals surface area (Å²) >= 11 is 0. The third-order valence-corrected chi connectivity index (χ3v) is 6.90. The Labute approximate surface area is 203 Å². The van der Waals surface area contributed by atoms with Crippen LogP contribution in [-0.2, 0) is 9.59 Å². The molecule has 0 aromatic carbocycles. The minimum Gasteiger partial charge on any atom is -0.368 e. The normalized spacial score (nSPS) is 20.6. The zero-order chi connectivity index (χ0) is 25.1. The minimum atomic E-state index is -0.576. The van der Waals surface area contributed by atoms with E-state index in [0.717, 1.165) is 51.4 Å². The predicted octanol–water partition coefficient (Wildman–Crippen LogP) is 2.11. The summed E-state index contributed by atoms with van der Waals surface area (Å²) in [5, 5.41) is 0. The number of nitrogens with two attached hydrogens (primary N) is 2. The quantitative estimate of drug-likeness (QED) is 0.468. The molecule has 0 aromatic heterocycles. The Morgan fingerprint density at radius 3 is 1.38 bits per heavy atom. The van der Waals surface area contributed by atoms with Gasteiger partial charge in [-0.25, -0.2) is 9.59 Å². The molecular weight excluding hydrogens is 436 g/mol. The summed E-state index contributed by atoms with van der Waals surface area (Å²) in [4.78, 5) is 57.5. The number of hydrogen-bond donors (Lipinski definition) is 2. The van der Waals surface area contributed by atoms with Gasteiger partial charge in [0, 0.05) is 39.3 Å². The molecule has 34 heavy (non-hydrogen) atoms. The fraction of sp³-hybridized carbons (Fsp3) is 0.833. The van der Waals surface area contributed by atoms with Crippen LogP contribution in [0, 0.1) is 0 Å². The highest BCUT2D eigenvalue weighted by atomic mass is 16.2. The topological polar surface area (TPSA) is 133 Å². The van der Waals surface area contributed by atoms with Crippen molar-refractivity contribution in [3.8, 4) is 0 Å². The number of nitrogens with zero attached hydrogens (tertiary/aromatic N) is 4. The molecule has 0 bridgehead atoms. The van der Waals surface area contributed by atoms with Crippen molar-refractivity contribution in [3.63, 3.8) is 0 Å². The minimum absolute atomic E-state index is 0.187.